The number of rotatable bonds is 3. The van der Waals surface area contributed by atoms with Crippen LogP contribution in [-0.4, -0.2) is 33.0 Å². The van der Waals surface area contributed by atoms with Crippen LogP contribution in [0.15, 0.2) is 18.2 Å². The molecule has 0 aliphatic heterocycles. The molecule has 7 nitrogen and oxygen atoms in total. The molecule has 1 amide bonds. The first-order chi connectivity index (χ1) is 8.47. The maximum absolute atomic E-state index is 11.5. The topological polar surface area (TPSA) is 121 Å². The smallest absolute Gasteiger partial charge is 0.330 e. The van der Waals surface area contributed by atoms with E-state index in [9.17, 15) is 9.59 Å². The van der Waals surface area contributed by atoms with E-state index in [1.807, 2.05) is 6.92 Å². The highest BCUT2D eigenvalue weighted by molar-refractivity contribution is 6.07. The van der Waals surface area contributed by atoms with Gasteiger partial charge in [0.05, 0.1) is 11.0 Å². The highest BCUT2D eigenvalue weighted by Gasteiger charge is 2.21. The van der Waals surface area contributed by atoms with E-state index in [4.69, 9.17) is 10.8 Å². The highest BCUT2D eigenvalue weighted by atomic mass is 16.4. The molecule has 0 aliphatic rings. The molecule has 0 saturated carbocycles. The van der Waals surface area contributed by atoms with Gasteiger partial charge in [-0.05, 0) is 25.1 Å². The minimum Gasteiger partial charge on any atom is -0.480 e. The van der Waals surface area contributed by atoms with Gasteiger partial charge in [0.25, 0.3) is 5.91 Å². The van der Waals surface area contributed by atoms with E-state index in [2.05, 4.69) is 15.3 Å². The number of carbonyl (C=O) groups excluding carboxylic acids is 1. The van der Waals surface area contributed by atoms with Crippen molar-refractivity contribution >= 4 is 28.6 Å². The number of aromatic amines is 1. The van der Waals surface area contributed by atoms with Crippen LogP contribution in [0, 0.1) is 6.92 Å². The summed E-state index contributed by atoms with van der Waals surface area (Å²) in [6.07, 6.45) is 0. The largest absolute Gasteiger partial charge is 0.480 e. The number of carboxylic acid groups (broad SMARTS) is 1. The molecule has 7 heteroatoms. The van der Waals surface area contributed by atoms with Crippen LogP contribution in [0.2, 0.25) is 0 Å². The van der Waals surface area contributed by atoms with Crippen LogP contribution >= 0.6 is 0 Å². The van der Waals surface area contributed by atoms with Crippen molar-refractivity contribution in [1.29, 1.82) is 0 Å². The first kappa shape index (κ1) is 12.1. The average molecular weight is 248 g/mol. The highest BCUT2D eigenvalue weighted by Crippen LogP contribution is 2.17. The zero-order valence-electron chi connectivity index (χ0n) is 9.60. The van der Waals surface area contributed by atoms with Gasteiger partial charge in [0, 0.05) is 5.69 Å². The number of nitrogens with zero attached hydrogens (tertiary/aromatic N) is 1. The summed E-state index contributed by atoms with van der Waals surface area (Å²) < 4.78 is 0. The predicted octanol–water partition coefficient (Wildman–Crippen LogP) is 0.222. The van der Waals surface area contributed by atoms with E-state index in [-0.39, 0.29) is 0 Å². The molecule has 0 saturated heterocycles. The second-order valence-corrected chi connectivity index (χ2v) is 3.86. The molecule has 1 unspecified atom stereocenters. The summed E-state index contributed by atoms with van der Waals surface area (Å²) in [5.74, 6) is -1.38. The number of hydrogen-bond donors (Lipinski definition) is 4. The number of carbonyl (C=O) groups is 2. The molecule has 94 valence electrons. The fraction of sp³-hybridized carbons (Fsp3) is 0.182. The van der Waals surface area contributed by atoms with Gasteiger partial charge in [0.1, 0.15) is 5.82 Å². The number of aryl methyl sites for hydroxylation is 1. The van der Waals surface area contributed by atoms with Gasteiger partial charge in [-0.2, -0.15) is 0 Å². The Morgan fingerprint density at radius 2 is 2.22 bits per heavy atom. The fourth-order valence-corrected chi connectivity index (χ4v) is 1.55. The number of aliphatic carboxylic acids is 1. The number of anilines is 1. The Bertz CT molecular complexity index is 620. The van der Waals surface area contributed by atoms with E-state index < -0.39 is 17.9 Å². The number of nitrogens with two attached hydrogens (primary N) is 1. The lowest BCUT2D eigenvalue weighted by Crippen LogP contribution is -2.42. The van der Waals surface area contributed by atoms with E-state index in [1.165, 1.54) is 0 Å². The molecule has 0 radical (unpaired) electrons. The van der Waals surface area contributed by atoms with Crippen molar-refractivity contribution in [1.82, 2.24) is 9.97 Å². The van der Waals surface area contributed by atoms with Gasteiger partial charge in [-0.1, -0.05) is 0 Å². The number of amides is 1. The minimum atomic E-state index is -1.58. The lowest BCUT2D eigenvalue weighted by molar-refractivity contribution is -0.141. The number of nitrogens with one attached hydrogen (secondary N) is 2. The number of imidazole rings is 1. The standard InChI is InChI=1S/C11H12N4O3/c1-5-13-7-3-2-6(4-8(7)14-5)15-10(16)9(12)11(17)18/h2-4,9H,12H2,1H3,(H,13,14)(H,15,16)(H,17,18). The first-order valence-electron chi connectivity index (χ1n) is 5.23. The zero-order valence-corrected chi connectivity index (χ0v) is 9.60. The zero-order chi connectivity index (χ0) is 13.3. The maximum Gasteiger partial charge on any atom is 0.330 e. The first-order valence-corrected chi connectivity index (χ1v) is 5.23. The molecular formula is C11H12N4O3. The Morgan fingerprint density at radius 1 is 1.50 bits per heavy atom. The van der Waals surface area contributed by atoms with E-state index in [0.717, 1.165) is 16.9 Å². The van der Waals surface area contributed by atoms with Crippen molar-refractivity contribution in [3.8, 4) is 0 Å². The third-order valence-corrected chi connectivity index (χ3v) is 2.42. The lowest BCUT2D eigenvalue weighted by Gasteiger charge is -2.07. The van der Waals surface area contributed by atoms with Crippen molar-refractivity contribution in [2.75, 3.05) is 5.32 Å². The normalized spacial score (nSPS) is 12.3. The molecule has 0 spiro atoms. The summed E-state index contributed by atoms with van der Waals surface area (Å²) in [5.41, 5.74) is 7.19. The van der Waals surface area contributed by atoms with Gasteiger partial charge in [-0.3, -0.25) is 4.79 Å². The monoisotopic (exact) mass is 248 g/mol. The number of fused-ring (bicyclic) bond motifs is 1. The molecular weight excluding hydrogens is 236 g/mol. The van der Waals surface area contributed by atoms with E-state index >= 15 is 0 Å². The van der Waals surface area contributed by atoms with Gasteiger partial charge in [-0.25, -0.2) is 9.78 Å². The number of H-pyrrole nitrogens is 1. The second-order valence-electron chi connectivity index (χ2n) is 3.86. The summed E-state index contributed by atoms with van der Waals surface area (Å²) >= 11 is 0. The van der Waals surface area contributed by atoms with Gasteiger partial charge in [0.2, 0.25) is 0 Å². The maximum atomic E-state index is 11.5. The van der Waals surface area contributed by atoms with Crippen LogP contribution < -0.4 is 11.1 Å². The quantitative estimate of drug-likeness (QED) is 0.579. The molecule has 2 aromatic rings. The molecule has 0 bridgehead atoms. The van der Waals surface area contributed by atoms with Crippen LogP contribution in [0.1, 0.15) is 5.82 Å². The van der Waals surface area contributed by atoms with Crippen LogP contribution in [0.3, 0.4) is 0 Å². The molecule has 1 atom stereocenters. The predicted molar refractivity (Wildman–Crippen MR) is 65.1 cm³/mol. The Hall–Kier alpha value is -2.41. The SMILES string of the molecule is Cc1nc2ccc(NC(=O)C(N)C(=O)O)cc2[nH]1. The molecule has 5 N–H and O–H groups in total. The third-order valence-electron chi connectivity index (χ3n) is 2.42. The fourth-order valence-electron chi connectivity index (χ4n) is 1.55. The number of benzene rings is 1. The van der Waals surface area contributed by atoms with Crippen LogP contribution in [0.5, 0.6) is 0 Å². The molecule has 1 heterocycles. The minimum absolute atomic E-state index is 0.466. The second kappa shape index (κ2) is 4.46. The van der Waals surface area contributed by atoms with Crippen LogP contribution in [0.25, 0.3) is 11.0 Å². The number of aromatic nitrogens is 2. The number of hydrogen-bond acceptors (Lipinski definition) is 4. The third kappa shape index (κ3) is 2.30. The van der Waals surface area contributed by atoms with Gasteiger partial charge in [0.15, 0.2) is 6.04 Å². The Balaban J connectivity index is 2.21. The van der Waals surface area contributed by atoms with Gasteiger partial charge in [-0.15, -0.1) is 0 Å². The Kier molecular flexibility index (Phi) is 2.99. The van der Waals surface area contributed by atoms with Crippen LogP contribution in [0.4, 0.5) is 5.69 Å². The van der Waals surface area contributed by atoms with E-state index in [0.29, 0.717) is 5.69 Å². The number of carboxylic acids is 1. The van der Waals surface area contributed by atoms with Crippen molar-refractivity contribution in [3.63, 3.8) is 0 Å². The van der Waals surface area contributed by atoms with Gasteiger partial charge < -0.3 is 21.1 Å². The molecule has 1 aromatic carbocycles. The van der Waals surface area contributed by atoms with Crippen LogP contribution in [-0.2, 0) is 9.59 Å². The summed E-state index contributed by atoms with van der Waals surface area (Å²) in [4.78, 5) is 29.2. The van der Waals surface area contributed by atoms with Crippen molar-refractivity contribution in [2.45, 2.75) is 13.0 Å². The summed E-state index contributed by atoms with van der Waals surface area (Å²) in [5, 5.41) is 11.0. The molecule has 2 rings (SSSR count). The van der Waals surface area contributed by atoms with Crippen molar-refractivity contribution in [3.05, 3.63) is 24.0 Å². The molecule has 18 heavy (non-hydrogen) atoms. The van der Waals surface area contributed by atoms with Crippen molar-refractivity contribution < 1.29 is 14.7 Å². The lowest BCUT2D eigenvalue weighted by atomic mass is 10.2. The van der Waals surface area contributed by atoms with Crippen molar-refractivity contribution in [2.24, 2.45) is 5.73 Å². The molecule has 1 aromatic heterocycles. The average Bonchev–Trinajstić information content (AvgIpc) is 2.67. The Morgan fingerprint density at radius 3 is 2.89 bits per heavy atom. The van der Waals surface area contributed by atoms with Gasteiger partial charge >= 0.3 is 5.97 Å². The van der Waals surface area contributed by atoms with E-state index in [1.54, 1.807) is 18.2 Å². The summed E-state index contributed by atoms with van der Waals surface area (Å²) in [7, 11) is 0. The summed E-state index contributed by atoms with van der Waals surface area (Å²) in [6.45, 7) is 1.82. The molecule has 0 fully saturated rings. The summed E-state index contributed by atoms with van der Waals surface area (Å²) in [6, 6.07) is 3.45. The molecule has 0 aliphatic carbocycles. The Labute approximate surface area is 102 Å².